The van der Waals surface area contributed by atoms with E-state index in [1.807, 2.05) is 0 Å². The fraction of sp³-hybridized carbons (Fsp3) is 0.0952. The van der Waals surface area contributed by atoms with Gasteiger partial charge in [0.1, 0.15) is 12.4 Å². The zero-order chi connectivity index (χ0) is 22.4. The molecule has 0 aliphatic carbocycles. The summed E-state index contributed by atoms with van der Waals surface area (Å²) >= 11 is 11.8. The lowest BCUT2D eigenvalue weighted by molar-refractivity contribution is 0.102. The number of carbonyl (C=O) groups excluding carboxylic acids is 1. The van der Waals surface area contributed by atoms with Gasteiger partial charge in [0.05, 0.1) is 14.9 Å². The van der Waals surface area contributed by atoms with Gasteiger partial charge in [-0.05, 0) is 60.7 Å². The number of nitrogens with two attached hydrogens (primary N) is 1. The summed E-state index contributed by atoms with van der Waals surface area (Å²) in [4.78, 5) is 12.5. The summed E-state index contributed by atoms with van der Waals surface area (Å²) in [5.41, 5.74) is 6.46. The molecule has 0 heterocycles. The minimum atomic E-state index is -3.91. The van der Waals surface area contributed by atoms with Gasteiger partial charge in [-0.3, -0.25) is 9.52 Å². The van der Waals surface area contributed by atoms with Crippen LogP contribution in [0.15, 0.2) is 71.6 Å². The topological polar surface area (TPSA) is 111 Å². The second-order valence-electron chi connectivity index (χ2n) is 6.38. The Balaban J connectivity index is 1.72. The highest BCUT2D eigenvalue weighted by atomic mass is 35.5. The predicted molar refractivity (Wildman–Crippen MR) is 123 cm³/mol. The third-order valence-corrected chi connectivity index (χ3v) is 6.20. The number of halogens is 2. The Kier molecular flexibility index (Phi) is 7.40. The maximum atomic E-state index is 12.6. The van der Waals surface area contributed by atoms with Gasteiger partial charge in [0, 0.05) is 23.5 Å². The van der Waals surface area contributed by atoms with Gasteiger partial charge in [-0.25, -0.2) is 8.42 Å². The number of rotatable bonds is 8. The van der Waals surface area contributed by atoms with E-state index in [9.17, 15) is 13.2 Å². The van der Waals surface area contributed by atoms with Crippen LogP contribution in [0, 0.1) is 0 Å². The summed E-state index contributed by atoms with van der Waals surface area (Å²) in [5, 5.41) is 3.12. The molecule has 7 nitrogen and oxygen atoms in total. The van der Waals surface area contributed by atoms with Crippen LogP contribution in [0.4, 0.5) is 11.4 Å². The van der Waals surface area contributed by atoms with Crippen LogP contribution in [0.5, 0.6) is 5.75 Å². The monoisotopic (exact) mass is 479 g/mol. The number of amides is 1. The standard InChI is InChI=1S/C21H19Cl2N3O4S/c22-19-9-8-18(13-20(19)23)31(28,29)26-16-3-1-2-14(12-16)21(27)25-15-4-6-17(7-5-15)30-11-10-24/h1-9,12-13,26H,10-11,24H2,(H,25,27). The first-order chi connectivity index (χ1) is 14.8. The average molecular weight is 480 g/mol. The number of sulfonamides is 1. The van der Waals surface area contributed by atoms with E-state index in [-0.39, 0.29) is 26.2 Å². The van der Waals surface area contributed by atoms with Gasteiger partial charge in [0.2, 0.25) is 0 Å². The molecule has 3 rings (SSSR count). The largest absolute Gasteiger partial charge is 0.492 e. The molecule has 1 amide bonds. The maximum absolute atomic E-state index is 12.6. The second-order valence-corrected chi connectivity index (χ2v) is 8.87. The summed E-state index contributed by atoms with van der Waals surface area (Å²) in [7, 11) is -3.91. The molecular formula is C21H19Cl2N3O4S. The maximum Gasteiger partial charge on any atom is 0.261 e. The van der Waals surface area contributed by atoms with E-state index in [0.29, 0.717) is 24.6 Å². The van der Waals surface area contributed by atoms with Gasteiger partial charge in [0.15, 0.2) is 0 Å². The van der Waals surface area contributed by atoms with E-state index in [1.165, 1.54) is 30.3 Å². The van der Waals surface area contributed by atoms with E-state index in [0.717, 1.165) is 0 Å². The average Bonchev–Trinajstić information content (AvgIpc) is 2.75. The number of ether oxygens (including phenoxy) is 1. The molecule has 0 saturated carbocycles. The van der Waals surface area contributed by atoms with E-state index in [2.05, 4.69) is 10.0 Å². The van der Waals surface area contributed by atoms with E-state index < -0.39 is 15.9 Å². The van der Waals surface area contributed by atoms with Crippen molar-refractivity contribution in [2.75, 3.05) is 23.2 Å². The molecule has 0 bridgehead atoms. The van der Waals surface area contributed by atoms with Gasteiger partial charge in [0.25, 0.3) is 15.9 Å². The van der Waals surface area contributed by atoms with Crippen molar-refractivity contribution >= 4 is 50.5 Å². The first kappa shape index (κ1) is 22.9. The molecule has 0 atom stereocenters. The first-order valence-electron chi connectivity index (χ1n) is 9.11. The Hall–Kier alpha value is -2.78. The van der Waals surface area contributed by atoms with Crippen molar-refractivity contribution in [3.63, 3.8) is 0 Å². The zero-order valence-electron chi connectivity index (χ0n) is 16.1. The number of benzene rings is 3. The van der Waals surface area contributed by atoms with Crippen LogP contribution in [-0.4, -0.2) is 27.5 Å². The highest BCUT2D eigenvalue weighted by molar-refractivity contribution is 7.92. The van der Waals surface area contributed by atoms with Crippen LogP contribution >= 0.6 is 23.2 Å². The molecule has 0 aliphatic rings. The van der Waals surface area contributed by atoms with Crippen molar-refractivity contribution in [3.05, 3.63) is 82.3 Å². The van der Waals surface area contributed by atoms with Gasteiger partial charge in [-0.2, -0.15) is 0 Å². The number of nitrogens with one attached hydrogen (secondary N) is 2. The molecule has 0 saturated heterocycles. The molecule has 0 radical (unpaired) electrons. The molecule has 31 heavy (non-hydrogen) atoms. The SMILES string of the molecule is NCCOc1ccc(NC(=O)c2cccc(NS(=O)(=O)c3ccc(Cl)c(Cl)c3)c2)cc1. The van der Waals surface area contributed by atoms with Crippen LogP contribution in [0.2, 0.25) is 10.0 Å². The van der Waals surface area contributed by atoms with Crippen molar-refractivity contribution in [1.82, 2.24) is 0 Å². The lowest BCUT2D eigenvalue weighted by Gasteiger charge is -2.11. The summed E-state index contributed by atoms with van der Waals surface area (Å²) < 4.78 is 33.0. The van der Waals surface area contributed by atoms with Crippen LogP contribution in [0.25, 0.3) is 0 Å². The molecule has 10 heteroatoms. The van der Waals surface area contributed by atoms with Gasteiger partial charge >= 0.3 is 0 Å². The lowest BCUT2D eigenvalue weighted by Crippen LogP contribution is -2.15. The summed E-state index contributed by atoms with van der Waals surface area (Å²) in [6, 6.07) is 16.9. The first-order valence-corrected chi connectivity index (χ1v) is 11.3. The van der Waals surface area contributed by atoms with Gasteiger partial charge < -0.3 is 15.8 Å². The number of carbonyl (C=O) groups is 1. The summed E-state index contributed by atoms with van der Waals surface area (Å²) in [6.45, 7) is 0.806. The minimum absolute atomic E-state index is 0.0475. The Morgan fingerprint density at radius 2 is 1.68 bits per heavy atom. The Bertz CT molecular complexity index is 1190. The molecular weight excluding hydrogens is 461 g/mol. The summed E-state index contributed by atoms with van der Waals surface area (Å²) in [6.07, 6.45) is 0. The molecule has 3 aromatic carbocycles. The fourth-order valence-electron chi connectivity index (χ4n) is 2.60. The fourth-order valence-corrected chi connectivity index (χ4v) is 4.03. The van der Waals surface area contributed by atoms with Crippen LogP contribution in [-0.2, 0) is 10.0 Å². The van der Waals surface area contributed by atoms with Crippen molar-refractivity contribution in [2.24, 2.45) is 5.73 Å². The third-order valence-electron chi connectivity index (χ3n) is 4.08. The van der Waals surface area contributed by atoms with Crippen molar-refractivity contribution in [3.8, 4) is 5.75 Å². The lowest BCUT2D eigenvalue weighted by atomic mass is 10.2. The van der Waals surface area contributed by atoms with Crippen LogP contribution in [0.3, 0.4) is 0 Å². The van der Waals surface area contributed by atoms with Crippen molar-refractivity contribution in [2.45, 2.75) is 4.90 Å². The third kappa shape index (κ3) is 6.11. The molecule has 3 aromatic rings. The zero-order valence-corrected chi connectivity index (χ0v) is 18.5. The smallest absolute Gasteiger partial charge is 0.261 e. The molecule has 0 fully saturated rings. The van der Waals surface area contributed by atoms with E-state index in [1.54, 1.807) is 36.4 Å². The Morgan fingerprint density at radius 1 is 0.935 bits per heavy atom. The van der Waals surface area contributed by atoms with E-state index >= 15 is 0 Å². The molecule has 0 aliphatic heterocycles. The highest BCUT2D eigenvalue weighted by Crippen LogP contribution is 2.26. The summed E-state index contributed by atoms with van der Waals surface area (Å²) in [5.74, 6) is 0.244. The highest BCUT2D eigenvalue weighted by Gasteiger charge is 2.17. The molecule has 0 unspecified atom stereocenters. The van der Waals surface area contributed by atoms with Gasteiger partial charge in [-0.1, -0.05) is 29.3 Å². The molecule has 162 valence electrons. The number of hydrogen-bond donors (Lipinski definition) is 3. The predicted octanol–water partition coefficient (Wildman–Crippen LogP) is 4.38. The number of anilines is 2. The minimum Gasteiger partial charge on any atom is -0.492 e. The van der Waals surface area contributed by atoms with Crippen molar-refractivity contribution in [1.29, 1.82) is 0 Å². The molecule has 0 spiro atoms. The second kappa shape index (κ2) is 10.0. The normalized spacial score (nSPS) is 11.1. The quantitative estimate of drug-likeness (QED) is 0.443. The molecule has 0 aromatic heterocycles. The van der Waals surface area contributed by atoms with Gasteiger partial charge in [-0.15, -0.1) is 0 Å². The Morgan fingerprint density at radius 3 is 2.35 bits per heavy atom. The van der Waals surface area contributed by atoms with E-state index in [4.69, 9.17) is 33.7 Å². The van der Waals surface area contributed by atoms with Crippen LogP contribution < -0.4 is 20.5 Å². The Labute approximate surface area is 190 Å². The molecule has 4 N–H and O–H groups in total. The van der Waals surface area contributed by atoms with Crippen LogP contribution in [0.1, 0.15) is 10.4 Å². The number of hydrogen-bond acceptors (Lipinski definition) is 5. The van der Waals surface area contributed by atoms with Crippen molar-refractivity contribution < 1.29 is 17.9 Å².